The molecule has 5 nitrogen and oxygen atoms in total. The van der Waals surface area contributed by atoms with Gasteiger partial charge in [0.2, 0.25) is 0 Å². The Morgan fingerprint density at radius 2 is 0.590 bits per heavy atom. The highest BCUT2D eigenvalue weighted by molar-refractivity contribution is 6.25. The van der Waals surface area contributed by atoms with E-state index in [1.165, 1.54) is 115 Å². The quantitative estimate of drug-likeness (QED) is 0.168. The first-order valence-electron chi connectivity index (χ1n) is 27.4. The zero-order chi connectivity index (χ0) is 52.2. The molecule has 0 unspecified atom stereocenters. The molecule has 1 aliphatic rings. The summed E-state index contributed by atoms with van der Waals surface area (Å²) in [6.45, 7) is 11.7. The zero-order valence-electron chi connectivity index (χ0n) is 44.3. The van der Waals surface area contributed by atoms with E-state index in [0.717, 1.165) is 28.4 Å². The first-order valence-corrected chi connectivity index (χ1v) is 27.4. The van der Waals surface area contributed by atoms with Crippen LogP contribution in [-0.4, -0.2) is 18.3 Å². The Labute approximate surface area is 452 Å². The van der Waals surface area contributed by atoms with Gasteiger partial charge in [-0.2, -0.15) is 0 Å². The summed E-state index contributed by atoms with van der Waals surface area (Å²) in [5, 5.41) is 9.87. The van der Waals surface area contributed by atoms with Gasteiger partial charge in [-0.15, -0.1) is 0 Å². The largest absolute Gasteiger partial charge is 0.310 e. The third-order valence-corrected chi connectivity index (χ3v) is 17.3. The van der Waals surface area contributed by atoms with E-state index in [2.05, 4.69) is 300 Å². The number of aromatic nitrogens is 4. The summed E-state index contributed by atoms with van der Waals surface area (Å²) < 4.78 is 10.0. The third-order valence-electron chi connectivity index (χ3n) is 17.3. The molecule has 1 aliphatic heterocycles. The Bertz CT molecular complexity index is 4670. The van der Waals surface area contributed by atoms with E-state index >= 15 is 0 Å². The molecule has 0 atom stereocenters. The molecule has 0 fully saturated rings. The minimum absolute atomic E-state index is 0.00720. The van der Waals surface area contributed by atoms with E-state index in [4.69, 9.17) is 0 Å². The van der Waals surface area contributed by atoms with Crippen molar-refractivity contribution in [3.05, 3.63) is 259 Å². The number of para-hydroxylation sites is 6. The fraction of sp³-hybridized carbons (Fsp3) is 0.0959. The highest BCUT2D eigenvalue weighted by atomic mass is 15.2. The van der Waals surface area contributed by atoms with Gasteiger partial charge in [-0.05, 0) is 107 Å². The Hall–Kier alpha value is -9.58. The average Bonchev–Trinajstić information content (AvgIpc) is 4.34. The Morgan fingerprint density at radius 1 is 0.282 bits per heavy atom. The van der Waals surface area contributed by atoms with E-state index in [0.29, 0.717) is 0 Å². The van der Waals surface area contributed by atoms with Crippen molar-refractivity contribution >= 4 is 104 Å². The van der Waals surface area contributed by atoms with Crippen molar-refractivity contribution in [3.8, 4) is 22.7 Å². The number of benzene rings is 11. The molecule has 0 saturated carbocycles. The summed E-state index contributed by atoms with van der Waals surface area (Å²) in [4.78, 5) is 2.56. The molecular weight excluding hydrogens is 947 g/mol. The van der Waals surface area contributed by atoms with Crippen LogP contribution in [0.25, 0.3) is 110 Å². The first-order chi connectivity index (χ1) is 38.1. The van der Waals surface area contributed by atoms with Crippen LogP contribution in [0.4, 0.5) is 17.1 Å². The minimum Gasteiger partial charge on any atom is -0.310 e. The van der Waals surface area contributed by atoms with Gasteiger partial charge in [0.05, 0.1) is 55.5 Å². The van der Waals surface area contributed by atoms with Gasteiger partial charge in [-0.3, -0.25) is 0 Å². The van der Waals surface area contributed by atoms with Gasteiger partial charge >= 0.3 is 0 Å². The van der Waals surface area contributed by atoms with Crippen LogP contribution in [0, 0.1) is 0 Å². The summed E-state index contributed by atoms with van der Waals surface area (Å²) >= 11 is 0. The molecule has 372 valence electrons. The lowest BCUT2D eigenvalue weighted by Gasteiger charge is -2.42. The molecule has 16 rings (SSSR count). The summed E-state index contributed by atoms with van der Waals surface area (Å²) in [6.07, 6.45) is 0. The second-order valence-electron chi connectivity index (χ2n) is 23.0. The molecule has 0 radical (unpaired) electrons. The topological polar surface area (TPSA) is 23.0 Å². The molecule has 4 aromatic heterocycles. The van der Waals surface area contributed by atoms with E-state index in [1.54, 1.807) is 0 Å². The van der Waals surface area contributed by atoms with Gasteiger partial charge in [-0.1, -0.05) is 192 Å². The lowest BCUT2D eigenvalue weighted by Crippen LogP contribution is -2.31. The molecule has 78 heavy (non-hydrogen) atoms. The van der Waals surface area contributed by atoms with Crippen molar-refractivity contribution in [1.29, 1.82) is 0 Å². The highest BCUT2D eigenvalue weighted by Gasteiger charge is 2.38. The summed E-state index contributed by atoms with van der Waals surface area (Å²) in [5.41, 5.74) is 21.0. The normalized spacial score (nSPS) is 13.5. The predicted octanol–water partition coefficient (Wildman–Crippen LogP) is 19.5. The second kappa shape index (κ2) is 16.2. The Morgan fingerprint density at radius 3 is 0.936 bits per heavy atom. The molecule has 5 heterocycles. The fourth-order valence-corrected chi connectivity index (χ4v) is 13.6. The first kappa shape index (κ1) is 44.7. The number of nitrogens with zero attached hydrogens (tertiary/aromatic N) is 5. The van der Waals surface area contributed by atoms with Crippen LogP contribution >= 0.6 is 0 Å². The highest BCUT2D eigenvalue weighted by Crippen LogP contribution is 2.54. The molecule has 0 amide bonds. The van der Waals surface area contributed by atoms with Crippen LogP contribution in [0.5, 0.6) is 0 Å². The van der Waals surface area contributed by atoms with Crippen LogP contribution in [0.2, 0.25) is 0 Å². The number of anilines is 3. The maximum absolute atomic E-state index is 2.56. The summed E-state index contributed by atoms with van der Waals surface area (Å²) in [7, 11) is 0. The SMILES string of the molecule is CC(C)(C)c1ccc(N2c3cc(-n4c5ccccc5c5ccc6c7ccccc7n(-c7ccccc7)c6c54)ccc3C(C)(C)c3ccc(-n4c5ccccc5c5ccc6c7ccccc7n(-c7ccccc7)c6c54)cc32)cc1. The number of hydrogen-bond donors (Lipinski definition) is 0. The van der Waals surface area contributed by atoms with E-state index < -0.39 is 0 Å². The van der Waals surface area contributed by atoms with Crippen LogP contribution in [0.3, 0.4) is 0 Å². The van der Waals surface area contributed by atoms with Gasteiger partial charge in [0.25, 0.3) is 0 Å². The van der Waals surface area contributed by atoms with E-state index in [9.17, 15) is 0 Å². The van der Waals surface area contributed by atoms with Crippen molar-refractivity contribution in [2.24, 2.45) is 0 Å². The monoisotopic (exact) mass is 1000 g/mol. The molecule has 0 bridgehead atoms. The molecule has 15 aromatic rings. The standard InChI is InChI=1S/C73H55N5/c1-72(2,3)46-32-34-49(35-33-46)74-66-44-50(77-64-30-18-14-26-54(64)58-40-38-56-52-24-12-16-28-62(52)75(68(56)70(58)77)47-20-8-6-9-21-47)36-42-60(66)73(4,5)61-43-37-51(45-67(61)74)78-65-31-19-15-27-55(65)59-41-39-57-53-25-13-17-29-63(53)76(69(57)71(59)78)48-22-10-7-11-23-48/h6-45H,1-5H3. The average molecular weight is 1000 g/mol. The van der Waals surface area contributed by atoms with E-state index in [-0.39, 0.29) is 10.8 Å². The molecule has 11 aromatic carbocycles. The van der Waals surface area contributed by atoms with Crippen molar-refractivity contribution in [2.45, 2.75) is 45.4 Å². The maximum Gasteiger partial charge on any atom is 0.0788 e. The van der Waals surface area contributed by atoms with Crippen molar-refractivity contribution in [3.63, 3.8) is 0 Å². The van der Waals surface area contributed by atoms with Gasteiger partial charge in [-0.25, -0.2) is 0 Å². The lowest BCUT2D eigenvalue weighted by molar-refractivity contribution is 0.590. The molecule has 0 spiro atoms. The smallest absolute Gasteiger partial charge is 0.0788 e. The van der Waals surface area contributed by atoms with Crippen molar-refractivity contribution < 1.29 is 0 Å². The predicted molar refractivity (Wildman–Crippen MR) is 329 cm³/mol. The zero-order valence-corrected chi connectivity index (χ0v) is 44.3. The Kier molecular flexibility index (Phi) is 9.29. The van der Waals surface area contributed by atoms with Crippen LogP contribution < -0.4 is 4.90 Å². The lowest BCUT2D eigenvalue weighted by atomic mass is 9.73. The van der Waals surface area contributed by atoms with Gasteiger partial charge in [0, 0.05) is 76.9 Å². The summed E-state index contributed by atoms with van der Waals surface area (Å²) in [6, 6.07) is 90.7. The van der Waals surface area contributed by atoms with Crippen molar-refractivity contribution in [1.82, 2.24) is 18.3 Å². The van der Waals surface area contributed by atoms with Crippen LogP contribution in [-0.2, 0) is 10.8 Å². The van der Waals surface area contributed by atoms with Gasteiger partial charge < -0.3 is 23.2 Å². The number of fused-ring (bicyclic) bond motifs is 16. The van der Waals surface area contributed by atoms with Crippen LogP contribution in [0.1, 0.15) is 51.3 Å². The molecular formula is C73H55N5. The fourth-order valence-electron chi connectivity index (χ4n) is 13.6. The van der Waals surface area contributed by atoms with Crippen LogP contribution in [0.15, 0.2) is 243 Å². The molecule has 0 aliphatic carbocycles. The molecule has 5 heteroatoms. The van der Waals surface area contributed by atoms with E-state index in [1.807, 2.05) is 0 Å². The van der Waals surface area contributed by atoms with Crippen molar-refractivity contribution in [2.75, 3.05) is 4.90 Å². The van der Waals surface area contributed by atoms with Gasteiger partial charge in [0.1, 0.15) is 0 Å². The number of hydrogen-bond acceptors (Lipinski definition) is 1. The third kappa shape index (κ3) is 6.18. The number of rotatable bonds is 5. The molecule has 0 saturated heterocycles. The summed E-state index contributed by atoms with van der Waals surface area (Å²) in [5.74, 6) is 0. The Balaban J connectivity index is 0.990. The second-order valence-corrected chi connectivity index (χ2v) is 23.0. The molecule has 0 N–H and O–H groups in total. The maximum atomic E-state index is 2.56. The van der Waals surface area contributed by atoms with Gasteiger partial charge in [0.15, 0.2) is 0 Å². The minimum atomic E-state index is -0.356.